The molecule has 0 saturated carbocycles. The molecule has 1 nitrogen and oxygen atoms in total. The summed E-state index contributed by atoms with van der Waals surface area (Å²) in [4.78, 5) is 0. The van der Waals surface area contributed by atoms with Crippen molar-refractivity contribution >= 4 is 16.3 Å². The fraction of sp³-hybridized carbons (Fsp3) is 0.143. The van der Waals surface area contributed by atoms with E-state index in [0.29, 0.717) is 0 Å². The summed E-state index contributed by atoms with van der Waals surface area (Å²) in [7, 11) is 0. The van der Waals surface area contributed by atoms with E-state index < -0.39 is 0 Å². The van der Waals surface area contributed by atoms with Crippen LogP contribution in [0.5, 0.6) is 0 Å². The van der Waals surface area contributed by atoms with E-state index in [1.54, 1.807) is 0 Å². The van der Waals surface area contributed by atoms with E-state index in [9.17, 15) is 5.11 Å². The highest BCUT2D eigenvalue weighted by atomic mass is 16.3. The van der Waals surface area contributed by atoms with Gasteiger partial charge in [-0.15, -0.1) is 0 Å². The van der Waals surface area contributed by atoms with Gasteiger partial charge in [0.05, 0.1) is 6.61 Å². The first-order valence-corrected chi connectivity index (χ1v) is 5.01. The number of aliphatic hydroxyl groups excluding tert-OH is 1. The predicted octanol–water partition coefficient (Wildman–Crippen LogP) is 3.37. The van der Waals surface area contributed by atoms with Crippen LogP contribution >= 0.6 is 0 Å². The quantitative estimate of drug-likeness (QED) is 0.784. The molecule has 0 amide bonds. The molecule has 0 spiro atoms. The lowest BCUT2D eigenvalue weighted by molar-refractivity contribution is 0.282. The Hall–Kier alpha value is -1.60. The van der Waals surface area contributed by atoms with Crippen molar-refractivity contribution in [3.05, 3.63) is 54.1 Å². The standard InChI is InChI=1S/C14H14O/c1-10(2)14-8-11(9-15)7-12-5-3-4-6-13(12)14/h3-8,15H,1,9H2,2H3. The van der Waals surface area contributed by atoms with Gasteiger partial charge in [0.1, 0.15) is 0 Å². The van der Waals surface area contributed by atoms with Gasteiger partial charge in [0, 0.05) is 0 Å². The summed E-state index contributed by atoms with van der Waals surface area (Å²) in [5, 5.41) is 11.5. The number of benzene rings is 2. The second-order valence-corrected chi connectivity index (χ2v) is 3.80. The third kappa shape index (κ3) is 1.79. The first kappa shape index (κ1) is 9.94. The summed E-state index contributed by atoms with van der Waals surface area (Å²) in [6.45, 7) is 6.03. The predicted molar refractivity (Wildman–Crippen MR) is 64.6 cm³/mol. The van der Waals surface area contributed by atoms with E-state index in [1.807, 2.05) is 31.2 Å². The summed E-state index contributed by atoms with van der Waals surface area (Å²) in [5.74, 6) is 0. The SMILES string of the molecule is C=C(C)c1cc(CO)cc2ccccc12. The summed E-state index contributed by atoms with van der Waals surface area (Å²) in [6, 6.07) is 12.2. The molecule has 0 radical (unpaired) electrons. The number of fused-ring (bicyclic) bond motifs is 1. The van der Waals surface area contributed by atoms with Gasteiger partial charge < -0.3 is 5.11 Å². The summed E-state index contributed by atoms with van der Waals surface area (Å²) in [5.41, 5.74) is 3.09. The third-order valence-corrected chi connectivity index (χ3v) is 2.56. The molecule has 0 aliphatic heterocycles. The first-order valence-electron chi connectivity index (χ1n) is 5.01. The Bertz CT molecular complexity index is 512. The number of aliphatic hydroxyl groups is 1. The highest BCUT2D eigenvalue weighted by Crippen LogP contribution is 2.25. The van der Waals surface area contributed by atoms with Gasteiger partial charge in [0.25, 0.3) is 0 Å². The van der Waals surface area contributed by atoms with Gasteiger partial charge in [0.2, 0.25) is 0 Å². The van der Waals surface area contributed by atoms with Crippen molar-refractivity contribution < 1.29 is 5.11 Å². The highest BCUT2D eigenvalue weighted by Gasteiger charge is 2.03. The van der Waals surface area contributed by atoms with Crippen molar-refractivity contribution in [3.63, 3.8) is 0 Å². The molecule has 0 saturated heterocycles. The van der Waals surface area contributed by atoms with Crippen LogP contribution in [0, 0.1) is 0 Å². The smallest absolute Gasteiger partial charge is 0.0682 e. The van der Waals surface area contributed by atoms with E-state index in [0.717, 1.165) is 22.1 Å². The summed E-state index contributed by atoms with van der Waals surface area (Å²) in [6.07, 6.45) is 0. The molecule has 0 aliphatic carbocycles. The zero-order valence-electron chi connectivity index (χ0n) is 8.83. The average Bonchev–Trinajstić information content (AvgIpc) is 2.27. The van der Waals surface area contributed by atoms with Crippen LogP contribution in [0.15, 0.2) is 43.0 Å². The van der Waals surface area contributed by atoms with Gasteiger partial charge in [-0.25, -0.2) is 0 Å². The Morgan fingerprint density at radius 3 is 2.67 bits per heavy atom. The van der Waals surface area contributed by atoms with Crippen LogP contribution in [0.3, 0.4) is 0 Å². The van der Waals surface area contributed by atoms with Gasteiger partial charge in [-0.2, -0.15) is 0 Å². The molecule has 0 aliphatic rings. The second kappa shape index (κ2) is 3.87. The molecule has 2 aromatic rings. The lowest BCUT2D eigenvalue weighted by atomic mass is 9.97. The van der Waals surface area contributed by atoms with Crippen LogP contribution in [0.25, 0.3) is 16.3 Å². The zero-order valence-corrected chi connectivity index (χ0v) is 8.83. The molecule has 0 bridgehead atoms. The van der Waals surface area contributed by atoms with Crippen LogP contribution in [0.2, 0.25) is 0 Å². The van der Waals surface area contributed by atoms with E-state index in [4.69, 9.17) is 0 Å². The van der Waals surface area contributed by atoms with Crippen molar-refractivity contribution in [2.45, 2.75) is 13.5 Å². The maximum Gasteiger partial charge on any atom is 0.0682 e. The number of allylic oxidation sites excluding steroid dienone is 1. The fourth-order valence-corrected chi connectivity index (χ4v) is 1.82. The maximum absolute atomic E-state index is 9.17. The Morgan fingerprint density at radius 1 is 1.27 bits per heavy atom. The van der Waals surface area contributed by atoms with Crippen molar-refractivity contribution in [1.29, 1.82) is 0 Å². The third-order valence-electron chi connectivity index (χ3n) is 2.56. The topological polar surface area (TPSA) is 20.2 Å². The van der Waals surface area contributed by atoms with Crippen LogP contribution in [-0.4, -0.2) is 5.11 Å². The molecule has 1 N–H and O–H groups in total. The van der Waals surface area contributed by atoms with Gasteiger partial charge in [0.15, 0.2) is 0 Å². The minimum absolute atomic E-state index is 0.0745. The molecule has 0 atom stereocenters. The molecule has 15 heavy (non-hydrogen) atoms. The fourth-order valence-electron chi connectivity index (χ4n) is 1.82. The lowest BCUT2D eigenvalue weighted by Crippen LogP contribution is -1.88. The first-order chi connectivity index (χ1) is 7.22. The van der Waals surface area contributed by atoms with Gasteiger partial charge >= 0.3 is 0 Å². The maximum atomic E-state index is 9.17. The monoisotopic (exact) mass is 198 g/mol. The van der Waals surface area contributed by atoms with Gasteiger partial charge in [-0.05, 0) is 41.0 Å². The molecule has 2 rings (SSSR count). The number of rotatable bonds is 2. The summed E-state index contributed by atoms with van der Waals surface area (Å²) >= 11 is 0. The molecule has 76 valence electrons. The van der Waals surface area contributed by atoms with Crippen molar-refractivity contribution in [1.82, 2.24) is 0 Å². The van der Waals surface area contributed by atoms with Crippen molar-refractivity contribution in [2.75, 3.05) is 0 Å². The Balaban J connectivity index is 2.80. The lowest BCUT2D eigenvalue weighted by Gasteiger charge is -2.08. The summed E-state index contributed by atoms with van der Waals surface area (Å²) < 4.78 is 0. The zero-order chi connectivity index (χ0) is 10.8. The molecule has 1 heteroatoms. The van der Waals surface area contributed by atoms with E-state index >= 15 is 0 Å². The largest absolute Gasteiger partial charge is 0.392 e. The van der Waals surface area contributed by atoms with Crippen molar-refractivity contribution in [3.8, 4) is 0 Å². The number of hydrogen-bond donors (Lipinski definition) is 1. The minimum atomic E-state index is 0.0745. The molecule has 0 heterocycles. The Kier molecular flexibility index (Phi) is 2.57. The normalized spacial score (nSPS) is 10.5. The van der Waals surface area contributed by atoms with Crippen LogP contribution in [-0.2, 0) is 6.61 Å². The highest BCUT2D eigenvalue weighted by molar-refractivity contribution is 5.93. The van der Waals surface area contributed by atoms with E-state index in [1.165, 1.54) is 5.39 Å². The van der Waals surface area contributed by atoms with Crippen LogP contribution < -0.4 is 0 Å². The van der Waals surface area contributed by atoms with Gasteiger partial charge in [-0.3, -0.25) is 0 Å². The van der Waals surface area contributed by atoms with E-state index in [-0.39, 0.29) is 6.61 Å². The van der Waals surface area contributed by atoms with Crippen LogP contribution in [0.4, 0.5) is 0 Å². The Labute approximate surface area is 89.7 Å². The van der Waals surface area contributed by atoms with Crippen molar-refractivity contribution in [2.24, 2.45) is 0 Å². The second-order valence-electron chi connectivity index (χ2n) is 3.80. The number of hydrogen-bond acceptors (Lipinski definition) is 1. The van der Waals surface area contributed by atoms with E-state index in [2.05, 4.69) is 18.7 Å². The molecular formula is C14H14O. The molecular weight excluding hydrogens is 184 g/mol. The molecule has 0 fully saturated rings. The van der Waals surface area contributed by atoms with Gasteiger partial charge in [-0.1, -0.05) is 36.4 Å². The minimum Gasteiger partial charge on any atom is -0.392 e. The molecule has 0 unspecified atom stereocenters. The average molecular weight is 198 g/mol. The Morgan fingerprint density at radius 2 is 2.00 bits per heavy atom. The molecule has 0 aromatic heterocycles. The molecule has 2 aromatic carbocycles. The van der Waals surface area contributed by atoms with Crippen LogP contribution in [0.1, 0.15) is 18.1 Å².